The van der Waals surface area contributed by atoms with E-state index in [1.54, 1.807) is 19.3 Å². The van der Waals surface area contributed by atoms with Crippen LogP contribution in [-0.4, -0.2) is 39.4 Å². The fourth-order valence-electron chi connectivity index (χ4n) is 3.38. The van der Waals surface area contributed by atoms with Crippen LogP contribution in [0.15, 0.2) is 54.7 Å². The number of methoxy groups -OCH3 is 1. The van der Waals surface area contributed by atoms with Gasteiger partial charge in [-0.05, 0) is 42.0 Å². The molecule has 0 atom stereocenters. The molecule has 9 heteroatoms. The van der Waals surface area contributed by atoms with Crippen molar-refractivity contribution < 1.29 is 14.3 Å². The molecule has 0 saturated heterocycles. The molecule has 0 aliphatic rings. The van der Waals surface area contributed by atoms with Crippen LogP contribution in [0.25, 0.3) is 17.1 Å². The Kier molecular flexibility index (Phi) is 7.77. The number of fused-ring (bicyclic) bond motifs is 1. The number of carbonyl (C=O) groups is 1. The van der Waals surface area contributed by atoms with Crippen molar-refractivity contribution in [3.8, 4) is 11.5 Å². The van der Waals surface area contributed by atoms with Crippen LogP contribution >= 0.6 is 23.2 Å². The molecular weight excluding hydrogens is 475 g/mol. The van der Waals surface area contributed by atoms with Crippen molar-refractivity contribution in [2.24, 2.45) is 0 Å². The van der Waals surface area contributed by atoms with Gasteiger partial charge in [-0.1, -0.05) is 29.8 Å². The minimum absolute atomic E-state index is 0.0128. The molecule has 2 aromatic carbocycles. The van der Waals surface area contributed by atoms with Crippen molar-refractivity contribution in [2.75, 3.05) is 13.7 Å². The van der Waals surface area contributed by atoms with Crippen molar-refractivity contribution in [3.05, 3.63) is 82.1 Å². The highest BCUT2D eigenvalue weighted by Gasteiger charge is 2.08. The first kappa shape index (κ1) is 23.7. The number of nitrogens with one attached hydrogen (secondary N) is 1. The number of benzene rings is 2. The van der Waals surface area contributed by atoms with Crippen LogP contribution < -0.4 is 9.47 Å². The zero-order valence-electron chi connectivity index (χ0n) is 18.4. The van der Waals surface area contributed by atoms with E-state index in [9.17, 15) is 4.79 Å². The first-order chi connectivity index (χ1) is 16.5. The SMILES string of the molecule is COc1ccccc1/C=C/C(=O)CCc1nc2ccc(OCCc3nc(Cl)ncc3Cl)cc2[nH]1. The molecule has 2 aromatic heterocycles. The molecule has 0 aliphatic heterocycles. The third-order valence-corrected chi connectivity index (χ3v) is 5.59. The quantitative estimate of drug-likeness (QED) is 0.230. The van der Waals surface area contributed by atoms with Gasteiger partial charge in [0.05, 0.1) is 41.7 Å². The van der Waals surface area contributed by atoms with E-state index in [2.05, 4.69) is 19.9 Å². The number of nitrogens with zero attached hydrogens (tertiary/aromatic N) is 3. The number of H-pyrrole nitrogens is 1. The summed E-state index contributed by atoms with van der Waals surface area (Å²) >= 11 is 11.9. The lowest BCUT2D eigenvalue weighted by molar-refractivity contribution is -0.114. The normalized spacial score (nSPS) is 11.3. The molecule has 4 rings (SSSR count). The monoisotopic (exact) mass is 496 g/mol. The lowest BCUT2D eigenvalue weighted by Gasteiger charge is -2.07. The third-order valence-electron chi connectivity index (χ3n) is 5.09. The van der Waals surface area contributed by atoms with E-state index in [0.717, 1.165) is 28.2 Å². The van der Waals surface area contributed by atoms with Crippen LogP contribution in [-0.2, 0) is 17.6 Å². The minimum atomic E-state index is 0.0128. The topological polar surface area (TPSA) is 90.0 Å². The van der Waals surface area contributed by atoms with Crippen molar-refractivity contribution in [2.45, 2.75) is 19.3 Å². The van der Waals surface area contributed by atoms with Gasteiger partial charge in [0.2, 0.25) is 5.28 Å². The van der Waals surface area contributed by atoms with Crippen LogP contribution in [0.1, 0.15) is 23.5 Å². The van der Waals surface area contributed by atoms with E-state index < -0.39 is 0 Å². The van der Waals surface area contributed by atoms with Crippen molar-refractivity contribution >= 4 is 46.1 Å². The van der Waals surface area contributed by atoms with Crippen molar-refractivity contribution in [3.63, 3.8) is 0 Å². The van der Waals surface area contributed by atoms with Gasteiger partial charge in [-0.15, -0.1) is 0 Å². The molecule has 0 spiro atoms. The maximum Gasteiger partial charge on any atom is 0.222 e. The van der Waals surface area contributed by atoms with Gasteiger partial charge in [0, 0.05) is 30.9 Å². The number of aromatic nitrogens is 4. The molecule has 4 aromatic rings. The second kappa shape index (κ2) is 11.1. The first-order valence-corrected chi connectivity index (χ1v) is 11.4. The molecule has 0 unspecified atom stereocenters. The standard InChI is InChI=1S/C25H22Cl2N4O3/c1-33-23-5-3-2-4-16(23)6-7-17(32)8-11-24-29-21-10-9-18(14-22(21)30-24)34-13-12-20-19(26)15-28-25(27)31-20/h2-7,9-10,14-15H,8,11-13H2,1H3,(H,29,30)/b7-6+. The summed E-state index contributed by atoms with van der Waals surface area (Å²) in [6.45, 7) is 0.382. The summed E-state index contributed by atoms with van der Waals surface area (Å²) in [4.78, 5) is 28.1. The van der Waals surface area contributed by atoms with E-state index in [1.807, 2.05) is 42.5 Å². The van der Waals surface area contributed by atoms with Crippen molar-refractivity contribution in [1.29, 1.82) is 0 Å². The highest BCUT2D eigenvalue weighted by atomic mass is 35.5. The molecule has 34 heavy (non-hydrogen) atoms. The molecule has 2 heterocycles. The lowest BCUT2D eigenvalue weighted by atomic mass is 10.1. The number of rotatable bonds is 10. The second-order valence-corrected chi connectivity index (χ2v) is 8.18. The van der Waals surface area contributed by atoms with Crippen molar-refractivity contribution in [1.82, 2.24) is 19.9 Å². The Morgan fingerprint density at radius 1 is 1.12 bits per heavy atom. The molecule has 0 fully saturated rings. The van der Waals surface area contributed by atoms with Gasteiger partial charge in [-0.3, -0.25) is 4.79 Å². The highest BCUT2D eigenvalue weighted by molar-refractivity contribution is 6.31. The van der Waals surface area contributed by atoms with Gasteiger partial charge in [-0.25, -0.2) is 15.0 Å². The number of imidazole rings is 1. The number of para-hydroxylation sites is 1. The van der Waals surface area contributed by atoms with E-state index >= 15 is 0 Å². The number of allylic oxidation sites excluding steroid dienone is 1. The number of halogens is 2. The first-order valence-electron chi connectivity index (χ1n) is 10.6. The summed E-state index contributed by atoms with van der Waals surface area (Å²) in [5.41, 5.74) is 3.15. The van der Waals surface area contributed by atoms with Gasteiger partial charge < -0.3 is 14.5 Å². The predicted molar refractivity (Wildman–Crippen MR) is 133 cm³/mol. The lowest BCUT2D eigenvalue weighted by Crippen LogP contribution is -2.04. The molecule has 0 aliphatic carbocycles. The Bertz CT molecular complexity index is 1340. The van der Waals surface area contributed by atoms with E-state index in [4.69, 9.17) is 32.7 Å². The van der Waals surface area contributed by atoms with Gasteiger partial charge >= 0.3 is 0 Å². The van der Waals surface area contributed by atoms with Crippen LogP contribution in [0.2, 0.25) is 10.3 Å². The Morgan fingerprint density at radius 2 is 1.97 bits per heavy atom. The molecule has 174 valence electrons. The van der Waals surface area contributed by atoms with Crippen LogP contribution in [0.4, 0.5) is 0 Å². The average molecular weight is 497 g/mol. The number of aryl methyl sites for hydroxylation is 1. The summed E-state index contributed by atoms with van der Waals surface area (Å²) in [6.07, 6.45) is 6.17. The third kappa shape index (κ3) is 6.12. The number of carbonyl (C=O) groups excluding carboxylic acids is 1. The smallest absolute Gasteiger partial charge is 0.222 e. The summed E-state index contributed by atoms with van der Waals surface area (Å²) in [7, 11) is 1.61. The molecule has 0 bridgehead atoms. The van der Waals surface area contributed by atoms with E-state index in [0.29, 0.717) is 42.3 Å². The van der Waals surface area contributed by atoms with Gasteiger partial charge in [-0.2, -0.15) is 0 Å². The highest BCUT2D eigenvalue weighted by Crippen LogP contribution is 2.21. The number of ether oxygens (including phenoxy) is 2. The molecule has 0 saturated carbocycles. The maximum atomic E-state index is 12.3. The zero-order valence-corrected chi connectivity index (χ0v) is 19.9. The summed E-state index contributed by atoms with van der Waals surface area (Å²) in [5.74, 6) is 2.17. The molecule has 1 N–H and O–H groups in total. The number of aromatic amines is 1. The Labute approximate surface area is 206 Å². The van der Waals surface area contributed by atoms with Gasteiger partial charge in [0.15, 0.2) is 5.78 Å². The Morgan fingerprint density at radius 3 is 2.82 bits per heavy atom. The largest absolute Gasteiger partial charge is 0.496 e. The van der Waals surface area contributed by atoms with Crippen LogP contribution in [0.5, 0.6) is 11.5 Å². The fourth-order valence-corrected chi connectivity index (χ4v) is 3.72. The molecule has 0 amide bonds. The Balaban J connectivity index is 1.32. The molecule has 0 radical (unpaired) electrons. The maximum absolute atomic E-state index is 12.3. The van der Waals surface area contributed by atoms with E-state index in [-0.39, 0.29) is 11.1 Å². The summed E-state index contributed by atoms with van der Waals surface area (Å²) in [6, 6.07) is 13.2. The molecular formula is C25H22Cl2N4O3. The molecule has 7 nitrogen and oxygen atoms in total. The number of ketones is 1. The zero-order chi connectivity index (χ0) is 23.9. The van der Waals surface area contributed by atoms with Gasteiger partial charge in [0.25, 0.3) is 0 Å². The number of hydrogen-bond acceptors (Lipinski definition) is 6. The van der Waals surface area contributed by atoms with E-state index in [1.165, 1.54) is 6.20 Å². The fraction of sp³-hybridized carbons (Fsp3) is 0.200. The second-order valence-electron chi connectivity index (χ2n) is 7.44. The van der Waals surface area contributed by atoms with Crippen LogP contribution in [0.3, 0.4) is 0 Å². The van der Waals surface area contributed by atoms with Crippen LogP contribution in [0, 0.1) is 0 Å². The summed E-state index contributed by atoms with van der Waals surface area (Å²) in [5, 5.41) is 0.605. The van der Waals surface area contributed by atoms with Gasteiger partial charge in [0.1, 0.15) is 17.3 Å². The average Bonchev–Trinajstić information content (AvgIpc) is 3.26. The predicted octanol–water partition coefficient (Wildman–Crippen LogP) is 5.50. The Hall–Kier alpha value is -3.42. The number of hydrogen-bond donors (Lipinski definition) is 1. The minimum Gasteiger partial charge on any atom is -0.496 e. The summed E-state index contributed by atoms with van der Waals surface area (Å²) < 4.78 is 11.1.